The Morgan fingerprint density at radius 2 is 2.06 bits per heavy atom. The Labute approximate surface area is 105 Å². The SMILES string of the molecule is C=COCC(Cc1ccccc1)N(C)CCC. The van der Waals surface area contributed by atoms with E-state index in [1.165, 1.54) is 11.8 Å². The quantitative estimate of drug-likeness (QED) is 0.640. The van der Waals surface area contributed by atoms with E-state index in [0.29, 0.717) is 12.6 Å². The molecule has 0 heterocycles. The average molecular weight is 233 g/mol. The Kier molecular flexibility index (Phi) is 6.41. The zero-order chi connectivity index (χ0) is 12.5. The van der Waals surface area contributed by atoms with Gasteiger partial charge in [-0.15, -0.1) is 0 Å². The van der Waals surface area contributed by atoms with Crippen molar-refractivity contribution in [2.24, 2.45) is 0 Å². The van der Waals surface area contributed by atoms with Gasteiger partial charge >= 0.3 is 0 Å². The minimum absolute atomic E-state index is 0.412. The van der Waals surface area contributed by atoms with Crippen LogP contribution in [0.25, 0.3) is 0 Å². The molecule has 0 radical (unpaired) electrons. The molecule has 0 aliphatic carbocycles. The topological polar surface area (TPSA) is 12.5 Å². The molecule has 0 aliphatic rings. The molecule has 0 aliphatic heterocycles. The number of rotatable bonds is 8. The van der Waals surface area contributed by atoms with Gasteiger partial charge in [0.15, 0.2) is 0 Å². The molecule has 2 heteroatoms. The number of hydrogen-bond acceptors (Lipinski definition) is 2. The second-order valence-corrected chi connectivity index (χ2v) is 4.32. The smallest absolute Gasteiger partial charge is 0.103 e. The number of nitrogens with zero attached hydrogens (tertiary/aromatic N) is 1. The van der Waals surface area contributed by atoms with Gasteiger partial charge < -0.3 is 4.74 Å². The van der Waals surface area contributed by atoms with Crippen molar-refractivity contribution in [2.75, 3.05) is 20.2 Å². The molecule has 94 valence electrons. The summed E-state index contributed by atoms with van der Waals surface area (Å²) in [4.78, 5) is 2.36. The lowest BCUT2D eigenvalue weighted by molar-refractivity contribution is 0.132. The maximum Gasteiger partial charge on any atom is 0.103 e. The fourth-order valence-corrected chi connectivity index (χ4v) is 1.94. The molecule has 0 aromatic heterocycles. The predicted molar refractivity (Wildman–Crippen MR) is 73.0 cm³/mol. The Balaban J connectivity index is 2.59. The third-order valence-electron chi connectivity index (χ3n) is 2.92. The van der Waals surface area contributed by atoms with Crippen LogP contribution in [-0.2, 0) is 11.2 Å². The third kappa shape index (κ3) is 5.05. The lowest BCUT2D eigenvalue weighted by atomic mass is 10.1. The minimum Gasteiger partial charge on any atom is -0.500 e. The van der Waals surface area contributed by atoms with Crippen LogP contribution in [-0.4, -0.2) is 31.1 Å². The first-order valence-corrected chi connectivity index (χ1v) is 6.24. The number of likely N-dealkylation sites (N-methyl/N-ethyl adjacent to an activating group) is 1. The maximum absolute atomic E-state index is 5.36. The van der Waals surface area contributed by atoms with E-state index in [1.54, 1.807) is 0 Å². The molecule has 2 nitrogen and oxygen atoms in total. The molecular weight excluding hydrogens is 210 g/mol. The van der Waals surface area contributed by atoms with Crippen molar-refractivity contribution in [1.29, 1.82) is 0 Å². The van der Waals surface area contributed by atoms with Gasteiger partial charge in [0.25, 0.3) is 0 Å². The van der Waals surface area contributed by atoms with Crippen molar-refractivity contribution in [3.8, 4) is 0 Å². The summed E-state index contributed by atoms with van der Waals surface area (Å²) in [5, 5.41) is 0. The summed E-state index contributed by atoms with van der Waals surface area (Å²) < 4.78 is 5.36. The second kappa shape index (κ2) is 7.91. The highest BCUT2D eigenvalue weighted by Gasteiger charge is 2.14. The molecule has 1 rings (SSSR count). The van der Waals surface area contributed by atoms with Gasteiger partial charge in [0.2, 0.25) is 0 Å². The van der Waals surface area contributed by atoms with Gasteiger partial charge in [0, 0.05) is 6.04 Å². The van der Waals surface area contributed by atoms with Gasteiger partial charge in [-0.1, -0.05) is 43.8 Å². The molecule has 0 saturated heterocycles. The first-order valence-electron chi connectivity index (χ1n) is 6.24. The molecular formula is C15H23NO. The van der Waals surface area contributed by atoms with Gasteiger partial charge in [-0.2, -0.15) is 0 Å². The van der Waals surface area contributed by atoms with Gasteiger partial charge in [-0.05, 0) is 32.0 Å². The van der Waals surface area contributed by atoms with Crippen molar-refractivity contribution >= 4 is 0 Å². The van der Waals surface area contributed by atoms with E-state index in [1.807, 2.05) is 0 Å². The van der Waals surface area contributed by atoms with E-state index in [2.05, 4.69) is 55.8 Å². The standard InChI is InChI=1S/C15H23NO/c1-4-11-16(3)15(13-17-5-2)12-14-9-7-6-8-10-14/h5-10,15H,2,4,11-13H2,1,3H3. The van der Waals surface area contributed by atoms with Crippen LogP contribution in [0.1, 0.15) is 18.9 Å². The molecule has 1 unspecified atom stereocenters. The van der Waals surface area contributed by atoms with Gasteiger partial charge in [0.1, 0.15) is 6.61 Å². The molecule has 0 fully saturated rings. The largest absolute Gasteiger partial charge is 0.500 e. The van der Waals surface area contributed by atoms with Crippen molar-refractivity contribution in [3.63, 3.8) is 0 Å². The zero-order valence-corrected chi connectivity index (χ0v) is 10.9. The van der Waals surface area contributed by atoms with Crippen LogP contribution >= 0.6 is 0 Å². The molecule has 1 aromatic rings. The van der Waals surface area contributed by atoms with Crippen molar-refractivity contribution < 1.29 is 4.74 Å². The second-order valence-electron chi connectivity index (χ2n) is 4.32. The van der Waals surface area contributed by atoms with Crippen molar-refractivity contribution in [2.45, 2.75) is 25.8 Å². The minimum atomic E-state index is 0.412. The van der Waals surface area contributed by atoms with Gasteiger partial charge in [-0.3, -0.25) is 4.90 Å². The van der Waals surface area contributed by atoms with Crippen LogP contribution in [0.4, 0.5) is 0 Å². The maximum atomic E-state index is 5.36. The molecule has 0 spiro atoms. The summed E-state index contributed by atoms with van der Waals surface area (Å²) in [5.41, 5.74) is 1.35. The molecule has 0 saturated carbocycles. The molecule has 1 atom stereocenters. The summed E-state index contributed by atoms with van der Waals surface area (Å²) in [6, 6.07) is 11.0. The summed E-state index contributed by atoms with van der Waals surface area (Å²) in [6.45, 7) is 7.60. The first kappa shape index (κ1) is 13.8. The fraction of sp³-hybridized carbons (Fsp3) is 0.467. The highest BCUT2D eigenvalue weighted by atomic mass is 16.5. The summed E-state index contributed by atoms with van der Waals surface area (Å²) in [7, 11) is 2.16. The van der Waals surface area contributed by atoms with Crippen molar-refractivity contribution in [1.82, 2.24) is 4.90 Å². The van der Waals surface area contributed by atoms with E-state index < -0.39 is 0 Å². The van der Waals surface area contributed by atoms with Crippen LogP contribution in [0.2, 0.25) is 0 Å². The normalized spacial score (nSPS) is 12.4. The monoisotopic (exact) mass is 233 g/mol. The highest BCUT2D eigenvalue weighted by Crippen LogP contribution is 2.09. The van der Waals surface area contributed by atoms with Crippen LogP contribution < -0.4 is 0 Å². The lowest BCUT2D eigenvalue weighted by Gasteiger charge is -2.27. The molecule has 1 aromatic carbocycles. The van der Waals surface area contributed by atoms with E-state index in [0.717, 1.165) is 19.4 Å². The molecule has 0 amide bonds. The van der Waals surface area contributed by atoms with Crippen LogP contribution in [0, 0.1) is 0 Å². The number of ether oxygens (including phenoxy) is 1. The van der Waals surface area contributed by atoms with Crippen LogP contribution in [0.15, 0.2) is 43.2 Å². The molecule has 0 bridgehead atoms. The Hall–Kier alpha value is -1.28. The molecule has 17 heavy (non-hydrogen) atoms. The summed E-state index contributed by atoms with van der Waals surface area (Å²) >= 11 is 0. The molecule has 0 N–H and O–H groups in total. The Morgan fingerprint density at radius 3 is 2.65 bits per heavy atom. The predicted octanol–water partition coefficient (Wildman–Crippen LogP) is 3.10. The zero-order valence-electron chi connectivity index (χ0n) is 10.9. The van der Waals surface area contributed by atoms with Gasteiger partial charge in [0.05, 0.1) is 6.26 Å². The lowest BCUT2D eigenvalue weighted by Crippen LogP contribution is -2.37. The van der Waals surface area contributed by atoms with E-state index in [9.17, 15) is 0 Å². The Bertz CT molecular complexity index is 310. The average Bonchev–Trinajstić information content (AvgIpc) is 2.36. The summed E-state index contributed by atoms with van der Waals surface area (Å²) in [6.07, 6.45) is 3.71. The van der Waals surface area contributed by atoms with Crippen LogP contribution in [0.5, 0.6) is 0 Å². The highest BCUT2D eigenvalue weighted by molar-refractivity contribution is 5.15. The third-order valence-corrected chi connectivity index (χ3v) is 2.92. The van der Waals surface area contributed by atoms with Gasteiger partial charge in [-0.25, -0.2) is 0 Å². The van der Waals surface area contributed by atoms with E-state index >= 15 is 0 Å². The number of benzene rings is 1. The first-order chi connectivity index (χ1) is 8.27. The van der Waals surface area contributed by atoms with E-state index in [4.69, 9.17) is 4.74 Å². The Morgan fingerprint density at radius 1 is 1.35 bits per heavy atom. The fourth-order valence-electron chi connectivity index (χ4n) is 1.94. The van der Waals surface area contributed by atoms with E-state index in [-0.39, 0.29) is 0 Å². The van der Waals surface area contributed by atoms with Crippen LogP contribution in [0.3, 0.4) is 0 Å². The number of hydrogen-bond donors (Lipinski definition) is 0. The van der Waals surface area contributed by atoms with Crippen molar-refractivity contribution in [3.05, 3.63) is 48.7 Å². The summed E-state index contributed by atoms with van der Waals surface area (Å²) in [5.74, 6) is 0.